The summed E-state index contributed by atoms with van der Waals surface area (Å²) in [6, 6.07) is 0.736. The second-order valence-corrected chi connectivity index (χ2v) is 3.21. The molecule has 49 valence electrons. The van der Waals surface area contributed by atoms with Gasteiger partial charge in [-0.3, -0.25) is 0 Å². The second kappa shape index (κ2) is 3.13. The lowest BCUT2D eigenvalue weighted by atomic mass is 10.3. The Balaban J connectivity index is -0.000000180. The van der Waals surface area contributed by atoms with Gasteiger partial charge in [0.05, 0.1) is 27.2 Å². The van der Waals surface area contributed by atoms with Crippen molar-refractivity contribution in [1.29, 1.82) is 0 Å². The van der Waals surface area contributed by atoms with Gasteiger partial charge >= 0.3 is 0 Å². The highest BCUT2D eigenvalue weighted by Gasteiger charge is 2.10. The summed E-state index contributed by atoms with van der Waals surface area (Å²) >= 11 is 0. The van der Waals surface area contributed by atoms with Gasteiger partial charge < -0.3 is 5.91 Å². The highest BCUT2D eigenvalue weighted by atomic mass is 15.3. The summed E-state index contributed by atoms with van der Waals surface area (Å²) in [6.07, 6.45) is 0. The molecule has 0 saturated carbocycles. The molecule has 0 aliphatic rings. The maximum absolute atomic E-state index is 2.22. The Morgan fingerprint density at radius 3 is 1.25 bits per heavy atom. The Morgan fingerprint density at radius 2 is 1.25 bits per heavy atom. The maximum Gasteiger partial charge on any atom is 0.0827 e. The molecular formula is C6H17BN. The van der Waals surface area contributed by atoms with Crippen molar-refractivity contribution < 1.29 is 5.91 Å². The molecule has 0 atom stereocenters. The molecule has 1 nitrogen and oxygen atoms in total. The molecule has 0 heterocycles. The van der Waals surface area contributed by atoms with E-state index < -0.39 is 0 Å². The van der Waals surface area contributed by atoms with Crippen LogP contribution < -0.4 is 0 Å². The van der Waals surface area contributed by atoms with Gasteiger partial charge in [0.1, 0.15) is 0 Å². The van der Waals surface area contributed by atoms with Crippen LogP contribution >= 0.6 is 0 Å². The van der Waals surface area contributed by atoms with Crippen LogP contribution in [0.3, 0.4) is 0 Å². The van der Waals surface area contributed by atoms with E-state index in [1.807, 2.05) is 0 Å². The number of nitrogens with zero attached hydrogens (tertiary/aromatic N) is 1. The van der Waals surface area contributed by atoms with Crippen LogP contribution in [0.15, 0.2) is 0 Å². The number of quaternary nitrogens is 1. The van der Waals surface area contributed by atoms with E-state index in [9.17, 15) is 0 Å². The molecule has 0 aliphatic heterocycles. The lowest BCUT2D eigenvalue weighted by Crippen LogP contribution is -2.41. The van der Waals surface area contributed by atoms with Gasteiger partial charge in [-0.25, -0.2) is 0 Å². The van der Waals surface area contributed by atoms with Gasteiger partial charge in [-0.15, -0.1) is 0 Å². The van der Waals surface area contributed by atoms with Crippen LogP contribution in [0.25, 0.3) is 0 Å². The zero-order valence-corrected chi connectivity index (χ0v) is 6.60. The van der Waals surface area contributed by atoms with Crippen LogP contribution in [0, 0.1) is 0 Å². The first kappa shape index (κ1) is 10.9. The minimum atomic E-state index is 0. The van der Waals surface area contributed by atoms with Gasteiger partial charge in [0.2, 0.25) is 0 Å². The number of hydrogen-bond acceptors (Lipinski definition) is 0. The SMILES string of the molecule is CC(C)[N+](C)(C)C.[B].[H-]. The van der Waals surface area contributed by atoms with Crippen molar-refractivity contribution in [3.8, 4) is 0 Å². The average Bonchev–Trinajstić information content (AvgIpc) is 1.31. The van der Waals surface area contributed by atoms with Crippen molar-refractivity contribution >= 4 is 8.41 Å². The van der Waals surface area contributed by atoms with E-state index in [0.717, 1.165) is 10.5 Å². The first-order valence-corrected chi connectivity index (χ1v) is 2.75. The molecule has 0 aromatic rings. The first-order chi connectivity index (χ1) is 2.94. The van der Waals surface area contributed by atoms with Crippen LogP contribution in [0.5, 0.6) is 0 Å². The molecule has 0 aromatic heterocycles. The van der Waals surface area contributed by atoms with Crippen molar-refractivity contribution in [2.24, 2.45) is 0 Å². The fourth-order valence-electron chi connectivity index (χ4n) is 0. The molecule has 0 fully saturated rings. The van der Waals surface area contributed by atoms with Crippen molar-refractivity contribution in [3.63, 3.8) is 0 Å². The standard InChI is InChI=1S/C6H16N.B.H/c1-6(2)7(3,4)5;;/h6H,1-5H3;;/q+1;;-1. The first-order valence-electron chi connectivity index (χ1n) is 2.75. The topological polar surface area (TPSA) is 0 Å². The molecule has 0 rings (SSSR count). The summed E-state index contributed by atoms with van der Waals surface area (Å²) in [4.78, 5) is 0. The molecule has 0 N–H and O–H groups in total. The summed E-state index contributed by atoms with van der Waals surface area (Å²) in [5, 5.41) is 0. The summed E-state index contributed by atoms with van der Waals surface area (Å²) in [5.41, 5.74) is 0. The lowest BCUT2D eigenvalue weighted by molar-refractivity contribution is -0.891. The summed E-state index contributed by atoms with van der Waals surface area (Å²) in [6.45, 7) is 4.44. The van der Waals surface area contributed by atoms with E-state index in [0.29, 0.717) is 0 Å². The molecule has 0 unspecified atom stereocenters. The minimum absolute atomic E-state index is 0. The minimum Gasteiger partial charge on any atom is -1.00 e. The fourth-order valence-corrected chi connectivity index (χ4v) is 0. The average molecular weight is 114 g/mol. The molecule has 0 aromatic carbocycles. The Kier molecular flexibility index (Phi) is 4.27. The normalized spacial score (nSPS) is 11.2. The van der Waals surface area contributed by atoms with Crippen molar-refractivity contribution in [1.82, 2.24) is 0 Å². The van der Waals surface area contributed by atoms with Gasteiger partial charge in [0.25, 0.3) is 0 Å². The van der Waals surface area contributed by atoms with Gasteiger partial charge in [-0.1, -0.05) is 0 Å². The van der Waals surface area contributed by atoms with Crippen LogP contribution in [-0.4, -0.2) is 40.1 Å². The molecule has 3 radical (unpaired) electrons. The predicted molar refractivity (Wildman–Crippen MR) is 40.0 cm³/mol. The molecule has 0 bridgehead atoms. The van der Waals surface area contributed by atoms with E-state index in [1.165, 1.54) is 0 Å². The Morgan fingerprint density at radius 1 is 1.12 bits per heavy atom. The van der Waals surface area contributed by atoms with Crippen LogP contribution in [0.1, 0.15) is 15.3 Å². The van der Waals surface area contributed by atoms with Gasteiger partial charge in [0.15, 0.2) is 0 Å². The second-order valence-electron chi connectivity index (χ2n) is 3.21. The summed E-state index contributed by atoms with van der Waals surface area (Å²) < 4.78 is 1.06. The van der Waals surface area contributed by atoms with Gasteiger partial charge in [-0.2, -0.15) is 0 Å². The molecule has 0 saturated heterocycles. The summed E-state index contributed by atoms with van der Waals surface area (Å²) in [7, 11) is 6.60. The van der Waals surface area contributed by atoms with Crippen molar-refractivity contribution in [2.75, 3.05) is 21.1 Å². The fraction of sp³-hybridized carbons (Fsp3) is 1.00. The highest BCUT2D eigenvalue weighted by molar-refractivity contribution is 5.75. The van der Waals surface area contributed by atoms with E-state index in [4.69, 9.17) is 0 Å². The van der Waals surface area contributed by atoms with Crippen LogP contribution in [0.2, 0.25) is 0 Å². The third-order valence-corrected chi connectivity index (χ3v) is 1.55. The van der Waals surface area contributed by atoms with Crippen LogP contribution in [0.4, 0.5) is 0 Å². The van der Waals surface area contributed by atoms with E-state index in [1.54, 1.807) is 0 Å². The number of hydrogen-bond donors (Lipinski definition) is 0. The predicted octanol–water partition coefficient (Wildman–Crippen LogP) is 0.833. The van der Waals surface area contributed by atoms with E-state index in [2.05, 4.69) is 35.0 Å². The number of rotatable bonds is 1. The molecule has 8 heavy (non-hydrogen) atoms. The molecular weight excluding hydrogens is 96.9 g/mol. The smallest absolute Gasteiger partial charge is 0.0827 e. The monoisotopic (exact) mass is 114 g/mol. The Hall–Kier alpha value is 0.0249. The van der Waals surface area contributed by atoms with Gasteiger partial charge in [-0.05, 0) is 13.8 Å². The van der Waals surface area contributed by atoms with E-state index in [-0.39, 0.29) is 9.84 Å². The van der Waals surface area contributed by atoms with E-state index >= 15 is 0 Å². The van der Waals surface area contributed by atoms with Gasteiger partial charge in [0, 0.05) is 8.41 Å². The van der Waals surface area contributed by atoms with Crippen molar-refractivity contribution in [3.05, 3.63) is 0 Å². The summed E-state index contributed by atoms with van der Waals surface area (Å²) in [5.74, 6) is 0. The molecule has 2 heteroatoms. The van der Waals surface area contributed by atoms with Crippen LogP contribution in [-0.2, 0) is 0 Å². The third-order valence-electron chi connectivity index (χ3n) is 1.55. The maximum atomic E-state index is 2.22. The lowest BCUT2D eigenvalue weighted by Gasteiger charge is -2.28. The Labute approximate surface area is 56.3 Å². The Bertz CT molecular complexity index is 58.6. The quantitative estimate of drug-likeness (QED) is 0.350. The third kappa shape index (κ3) is 4.19. The molecule has 0 amide bonds. The molecule has 0 spiro atoms. The molecule has 0 aliphatic carbocycles. The van der Waals surface area contributed by atoms with Crippen molar-refractivity contribution in [2.45, 2.75) is 19.9 Å². The largest absolute Gasteiger partial charge is 1.00 e. The zero-order chi connectivity index (χ0) is 6.08. The zero-order valence-electron chi connectivity index (χ0n) is 7.60. The highest BCUT2D eigenvalue weighted by Crippen LogP contribution is 1.97.